The number of nitrogens with zero attached hydrogens (tertiary/aromatic N) is 3. The summed E-state index contributed by atoms with van der Waals surface area (Å²) in [7, 11) is 0. The molecule has 2 aromatic heterocycles. The molecule has 2 N–H and O–H groups in total. The predicted molar refractivity (Wildman–Crippen MR) is 112 cm³/mol. The number of rotatable bonds is 7. The molecule has 2 amide bonds. The average molecular weight is 391 g/mol. The predicted octanol–water partition coefficient (Wildman–Crippen LogP) is 3.94. The van der Waals surface area contributed by atoms with Crippen LogP contribution < -0.4 is 10.6 Å². The number of hydrogen-bond donors (Lipinski definition) is 2. The van der Waals surface area contributed by atoms with Gasteiger partial charge in [-0.2, -0.15) is 0 Å². The Labute approximate surface area is 170 Å². The Morgan fingerprint density at radius 2 is 2.00 bits per heavy atom. The van der Waals surface area contributed by atoms with Gasteiger partial charge < -0.3 is 15.1 Å². The van der Waals surface area contributed by atoms with Crippen molar-refractivity contribution in [3.63, 3.8) is 0 Å². The van der Waals surface area contributed by atoms with Crippen molar-refractivity contribution in [2.24, 2.45) is 0 Å². The fourth-order valence-electron chi connectivity index (χ4n) is 2.80. The molecule has 0 aliphatic rings. The molecule has 0 bridgehead atoms. The number of pyridine rings is 1. The molecule has 0 fully saturated rings. The highest BCUT2D eigenvalue weighted by atomic mass is 16.4. The number of carbonyl (C=O) groups excluding carboxylic acids is 1. The molecular weight excluding hydrogens is 366 g/mol. The molecule has 1 aromatic carbocycles. The van der Waals surface area contributed by atoms with Crippen LogP contribution in [0.15, 0.2) is 59.7 Å². The Morgan fingerprint density at radius 3 is 2.72 bits per heavy atom. The molecule has 0 unspecified atom stereocenters. The van der Waals surface area contributed by atoms with E-state index in [9.17, 15) is 4.79 Å². The summed E-state index contributed by atoms with van der Waals surface area (Å²) in [5, 5.41) is 13.8. The summed E-state index contributed by atoms with van der Waals surface area (Å²) >= 11 is 0. The number of nitrogens with one attached hydrogen (secondary N) is 2. The van der Waals surface area contributed by atoms with Gasteiger partial charge in [0.05, 0.1) is 5.54 Å². The van der Waals surface area contributed by atoms with E-state index in [1.165, 1.54) is 0 Å². The maximum Gasteiger partial charge on any atom is 0.315 e. The molecule has 0 saturated carbocycles. The Hall–Kier alpha value is -3.48. The van der Waals surface area contributed by atoms with Crippen LogP contribution in [0.4, 0.5) is 4.79 Å². The molecule has 29 heavy (non-hydrogen) atoms. The lowest BCUT2D eigenvalue weighted by Gasteiger charge is -2.27. The van der Waals surface area contributed by atoms with Crippen LogP contribution >= 0.6 is 0 Å². The van der Waals surface area contributed by atoms with Crippen LogP contribution in [0.3, 0.4) is 0 Å². The Balaban J connectivity index is 1.53. The number of hydrogen-bond acceptors (Lipinski definition) is 5. The zero-order valence-corrected chi connectivity index (χ0v) is 16.9. The van der Waals surface area contributed by atoms with Crippen molar-refractivity contribution in [2.45, 2.75) is 32.7 Å². The van der Waals surface area contributed by atoms with Crippen molar-refractivity contribution in [2.75, 3.05) is 6.54 Å². The highest BCUT2D eigenvalue weighted by molar-refractivity contribution is 5.75. The fraction of sp³-hybridized carbons (Fsp3) is 0.273. The standard InChI is InChI=1S/C22H25N5O2/c1-15(2)16-8-7-9-17(14-16)22(3,4)25-21(28)24-13-11-19-26-27-20(29-19)18-10-5-6-12-23-18/h5-10,12,14H,1,11,13H2,2-4H3,(H2,24,25,28). The third kappa shape index (κ3) is 5.28. The van der Waals surface area contributed by atoms with Gasteiger partial charge in [0.2, 0.25) is 5.89 Å². The number of allylic oxidation sites excluding steroid dienone is 1. The maximum atomic E-state index is 12.4. The zero-order valence-electron chi connectivity index (χ0n) is 16.9. The van der Waals surface area contributed by atoms with Gasteiger partial charge in [0, 0.05) is 19.2 Å². The summed E-state index contributed by atoms with van der Waals surface area (Å²) in [6, 6.07) is 13.2. The van der Waals surface area contributed by atoms with Crippen LogP contribution in [-0.2, 0) is 12.0 Å². The molecule has 7 heteroatoms. The Bertz CT molecular complexity index is 995. The first kappa shape index (κ1) is 20.3. The van der Waals surface area contributed by atoms with Crippen molar-refractivity contribution in [1.29, 1.82) is 0 Å². The van der Waals surface area contributed by atoms with Gasteiger partial charge in [0.25, 0.3) is 5.89 Å². The van der Waals surface area contributed by atoms with Crippen molar-refractivity contribution < 1.29 is 9.21 Å². The summed E-state index contributed by atoms with van der Waals surface area (Å²) in [4.78, 5) is 16.5. The smallest absolute Gasteiger partial charge is 0.315 e. The topological polar surface area (TPSA) is 92.9 Å². The van der Waals surface area contributed by atoms with Gasteiger partial charge in [-0.05, 0) is 50.1 Å². The van der Waals surface area contributed by atoms with Gasteiger partial charge >= 0.3 is 6.03 Å². The number of amides is 2. The molecule has 0 atom stereocenters. The minimum absolute atomic E-state index is 0.264. The fourth-order valence-corrected chi connectivity index (χ4v) is 2.80. The molecular formula is C22H25N5O2. The van der Waals surface area contributed by atoms with E-state index >= 15 is 0 Å². The molecule has 0 saturated heterocycles. The third-order valence-corrected chi connectivity index (χ3v) is 4.48. The minimum Gasteiger partial charge on any atom is -0.419 e. The molecule has 3 rings (SSSR count). The molecule has 0 aliphatic carbocycles. The van der Waals surface area contributed by atoms with Crippen LogP contribution in [0, 0.1) is 0 Å². The van der Waals surface area contributed by atoms with Gasteiger partial charge in [-0.25, -0.2) is 4.79 Å². The van der Waals surface area contributed by atoms with Gasteiger partial charge in [-0.15, -0.1) is 10.2 Å². The van der Waals surface area contributed by atoms with Crippen molar-refractivity contribution in [3.8, 4) is 11.6 Å². The first-order valence-corrected chi connectivity index (χ1v) is 9.41. The van der Waals surface area contributed by atoms with Gasteiger partial charge in [-0.3, -0.25) is 4.98 Å². The maximum absolute atomic E-state index is 12.4. The van der Waals surface area contributed by atoms with E-state index in [0.29, 0.717) is 30.4 Å². The highest BCUT2D eigenvalue weighted by Gasteiger charge is 2.23. The highest BCUT2D eigenvalue weighted by Crippen LogP contribution is 2.23. The van der Waals surface area contributed by atoms with Crippen LogP contribution in [0.5, 0.6) is 0 Å². The molecule has 0 spiro atoms. The second kappa shape index (κ2) is 8.68. The SMILES string of the molecule is C=C(C)c1cccc(C(C)(C)NC(=O)NCCc2nnc(-c3ccccn3)o2)c1. The molecule has 2 heterocycles. The van der Waals surface area contributed by atoms with E-state index < -0.39 is 5.54 Å². The monoisotopic (exact) mass is 391 g/mol. The first-order chi connectivity index (χ1) is 13.8. The lowest BCUT2D eigenvalue weighted by atomic mass is 9.92. The Morgan fingerprint density at radius 1 is 1.17 bits per heavy atom. The number of carbonyl (C=O) groups is 1. The minimum atomic E-state index is -0.536. The van der Waals surface area contributed by atoms with E-state index in [2.05, 4.69) is 32.4 Å². The Kier molecular flexibility index (Phi) is 6.07. The molecule has 7 nitrogen and oxygen atoms in total. The number of aromatic nitrogens is 3. The van der Waals surface area contributed by atoms with Crippen molar-refractivity contribution in [3.05, 3.63) is 72.3 Å². The molecule has 0 radical (unpaired) electrons. The summed E-state index contributed by atoms with van der Waals surface area (Å²) in [6.45, 7) is 10.2. The number of urea groups is 1. The molecule has 0 aliphatic heterocycles. The normalized spacial score (nSPS) is 11.1. The van der Waals surface area contributed by atoms with E-state index in [1.54, 1.807) is 12.3 Å². The summed E-state index contributed by atoms with van der Waals surface area (Å²) in [5.41, 5.74) is 3.13. The van der Waals surface area contributed by atoms with Gasteiger partial charge in [-0.1, -0.05) is 36.4 Å². The first-order valence-electron chi connectivity index (χ1n) is 9.41. The number of benzene rings is 1. The quantitative estimate of drug-likeness (QED) is 0.636. The van der Waals surface area contributed by atoms with Crippen LogP contribution in [0.2, 0.25) is 0 Å². The van der Waals surface area contributed by atoms with Crippen LogP contribution in [0.25, 0.3) is 17.2 Å². The van der Waals surface area contributed by atoms with E-state index in [4.69, 9.17) is 4.42 Å². The summed E-state index contributed by atoms with van der Waals surface area (Å²) in [5.74, 6) is 0.808. The average Bonchev–Trinajstić information content (AvgIpc) is 3.17. The third-order valence-electron chi connectivity index (χ3n) is 4.48. The summed E-state index contributed by atoms with van der Waals surface area (Å²) in [6.07, 6.45) is 2.09. The van der Waals surface area contributed by atoms with Crippen LogP contribution in [-0.4, -0.2) is 27.8 Å². The van der Waals surface area contributed by atoms with Crippen molar-refractivity contribution in [1.82, 2.24) is 25.8 Å². The summed E-state index contributed by atoms with van der Waals surface area (Å²) < 4.78 is 5.59. The van der Waals surface area contributed by atoms with Gasteiger partial charge in [0.1, 0.15) is 5.69 Å². The van der Waals surface area contributed by atoms with E-state index in [1.807, 2.05) is 57.2 Å². The second-order valence-electron chi connectivity index (χ2n) is 7.33. The van der Waals surface area contributed by atoms with E-state index in [0.717, 1.165) is 16.7 Å². The second-order valence-corrected chi connectivity index (χ2v) is 7.33. The van der Waals surface area contributed by atoms with Crippen molar-refractivity contribution >= 4 is 11.6 Å². The van der Waals surface area contributed by atoms with E-state index in [-0.39, 0.29) is 6.03 Å². The van der Waals surface area contributed by atoms with Crippen LogP contribution in [0.1, 0.15) is 37.8 Å². The lowest BCUT2D eigenvalue weighted by Crippen LogP contribution is -2.46. The lowest BCUT2D eigenvalue weighted by molar-refractivity contribution is 0.230. The zero-order chi connectivity index (χ0) is 20.9. The molecule has 3 aromatic rings. The van der Waals surface area contributed by atoms with Gasteiger partial charge in [0.15, 0.2) is 0 Å². The molecule has 150 valence electrons. The largest absolute Gasteiger partial charge is 0.419 e.